The summed E-state index contributed by atoms with van der Waals surface area (Å²) in [5, 5.41) is 2.92. The lowest BCUT2D eigenvalue weighted by atomic mass is 10.5. The van der Waals surface area contributed by atoms with E-state index in [1.807, 2.05) is 26.1 Å². The van der Waals surface area contributed by atoms with E-state index in [9.17, 15) is 0 Å². The van der Waals surface area contributed by atoms with Gasteiger partial charge in [-0.2, -0.15) is 0 Å². The van der Waals surface area contributed by atoms with E-state index in [4.69, 9.17) is 0 Å². The first-order chi connectivity index (χ1) is 3.27. The zero-order chi connectivity index (χ0) is 5.70. The van der Waals surface area contributed by atoms with Crippen LogP contribution in [0, 0.1) is 0 Å². The molecular formula is C6H11N. The molecule has 0 saturated carbocycles. The molecule has 0 aromatic rings. The number of hydrogen-bond donors (Lipinski definition) is 1. The molecule has 0 aromatic carbocycles. The fourth-order valence-corrected chi connectivity index (χ4v) is 0.226. The van der Waals surface area contributed by atoms with E-state index in [2.05, 4.69) is 11.9 Å². The maximum atomic E-state index is 3.63. The molecule has 7 heavy (non-hydrogen) atoms. The molecule has 0 rings (SSSR count). The second kappa shape index (κ2) is 3.47. The van der Waals surface area contributed by atoms with Crippen LogP contribution in [0.2, 0.25) is 0 Å². The lowest BCUT2D eigenvalue weighted by molar-refractivity contribution is 1.07. The van der Waals surface area contributed by atoms with Gasteiger partial charge in [0.25, 0.3) is 0 Å². The zero-order valence-electron chi connectivity index (χ0n) is 4.86. The molecule has 0 aliphatic rings. The first-order valence-electron chi connectivity index (χ1n) is 2.30. The molecule has 0 amide bonds. The summed E-state index contributed by atoms with van der Waals surface area (Å²) in [7, 11) is 0. The highest BCUT2D eigenvalue weighted by atomic mass is 14.8. The molecule has 0 saturated heterocycles. The van der Waals surface area contributed by atoms with Crippen LogP contribution in [0.3, 0.4) is 0 Å². The third-order valence-corrected chi connectivity index (χ3v) is 0.496. The quantitative estimate of drug-likeness (QED) is 0.552. The smallest absolute Gasteiger partial charge is 0.00419 e. The lowest BCUT2D eigenvalue weighted by Crippen LogP contribution is -1.97. The Morgan fingerprint density at radius 3 is 2.43 bits per heavy atom. The van der Waals surface area contributed by atoms with Crippen LogP contribution < -0.4 is 5.32 Å². The van der Waals surface area contributed by atoms with Gasteiger partial charge in [-0.05, 0) is 20.0 Å². The standard InChI is InChI=1S/C6H11N/c1-4-5-7-6(2)3/h4-5,7H,2H2,1,3H3/b5-4+. The maximum absolute atomic E-state index is 3.63. The minimum Gasteiger partial charge on any atom is -0.366 e. The summed E-state index contributed by atoms with van der Waals surface area (Å²) in [6.07, 6.45) is 3.77. The SMILES string of the molecule is C=C(C)N/C=C/C. The molecule has 0 heterocycles. The van der Waals surface area contributed by atoms with Crippen molar-refractivity contribution in [2.45, 2.75) is 13.8 Å². The minimum absolute atomic E-state index is 0.970. The summed E-state index contributed by atoms with van der Waals surface area (Å²) in [4.78, 5) is 0. The summed E-state index contributed by atoms with van der Waals surface area (Å²) in [6.45, 7) is 7.50. The summed E-state index contributed by atoms with van der Waals surface area (Å²) in [5.74, 6) is 0. The Morgan fingerprint density at radius 1 is 1.71 bits per heavy atom. The van der Waals surface area contributed by atoms with Crippen LogP contribution in [0.15, 0.2) is 24.6 Å². The Hall–Kier alpha value is -0.720. The number of allylic oxidation sites excluding steroid dienone is 2. The Kier molecular flexibility index (Phi) is 3.11. The molecule has 0 aromatic heterocycles. The fraction of sp³-hybridized carbons (Fsp3) is 0.333. The van der Waals surface area contributed by atoms with Crippen molar-refractivity contribution in [2.75, 3.05) is 0 Å². The molecule has 0 unspecified atom stereocenters. The van der Waals surface area contributed by atoms with Gasteiger partial charge in [0.15, 0.2) is 0 Å². The summed E-state index contributed by atoms with van der Waals surface area (Å²) in [5.41, 5.74) is 0.970. The Balaban J connectivity index is 3.14. The van der Waals surface area contributed by atoms with E-state index in [0.717, 1.165) is 5.70 Å². The number of nitrogens with one attached hydrogen (secondary N) is 1. The van der Waals surface area contributed by atoms with Crippen molar-refractivity contribution >= 4 is 0 Å². The monoisotopic (exact) mass is 97.1 g/mol. The lowest BCUT2D eigenvalue weighted by Gasteiger charge is -1.91. The predicted molar refractivity (Wildman–Crippen MR) is 32.8 cm³/mol. The molecule has 0 bridgehead atoms. The minimum atomic E-state index is 0.970. The predicted octanol–water partition coefficient (Wildman–Crippen LogP) is 1.64. The Morgan fingerprint density at radius 2 is 2.29 bits per heavy atom. The molecule has 1 nitrogen and oxygen atoms in total. The van der Waals surface area contributed by atoms with Crippen LogP contribution in [-0.2, 0) is 0 Å². The van der Waals surface area contributed by atoms with Crippen LogP contribution in [0.4, 0.5) is 0 Å². The van der Waals surface area contributed by atoms with Gasteiger partial charge >= 0.3 is 0 Å². The van der Waals surface area contributed by atoms with Crippen molar-refractivity contribution in [3.63, 3.8) is 0 Å². The van der Waals surface area contributed by atoms with E-state index in [1.165, 1.54) is 0 Å². The fourth-order valence-electron chi connectivity index (χ4n) is 0.226. The van der Waals surface area contributed by atoms with Crippen molar-refractivity contribution in [3.05, 3.63) is 24.6 Å². The van der Waals surface area contributed by atoms with Crippen LogP contribution in [-0.4, -0.2) is 0 Å². The third-order valence-electron chi connectivity index (χ3n) is 0.496. The zero-order valence-corrected chi connectivity index (χ0v) is 4.86. The van der Waals surface area contributed by atoms with Gasteiger partial charge in [-0.3, -0.25) is 0 Å². The van der Waals surface area contributed by atoms with Gasteiger partial charge in [0.2, 0.25) is 0 Å². The van der Waals surface area contributed by atoms with E-state index in [-0.39, 0.29) is 0 Å². The third kappa shape index (κ3) is 5.28. The van der Waals surface area contributed by atoms with Gasteiger partial charge in [-0.15, -0.1) is 0 Å². The molecule has 0 spiro atoms. The van der Waals surface area contributed by atoms with Crippen LogP contribution in [0.25, 0.3) is 0 Å². The molecule has 40 valence electrons. The molecular weight excluding hydrogens is 86.1 g/mol. The van der Waals surface area contributed by atoms with Gasteiger partial charge in [-0.1, -0.05) is 12.7 Å². The van der Waals surface area contributed by atoms with Crippen molar-refractivity contribution in [3.8, 4) is 0 Å². The molecule has 0 aliphatic heterocycles. The van der Waals surface area contributed by atoms with Crippen LogP contribution in [0.5, 0.6) is 0 Å². The van der Waals surface area contributed by atoms with Crippen molar-refractivity contribution < 1.29 is 0 Å². The summed E-state index contributed by atoms with van der Waals surface area (Å²) >= 11 is 0. The highest BCUT2D eigenvalue weighted by Gasteiger charge is 1.68. The Labute approximate surface area is 44.7 Å². The van der Waals surface area contributed by atoms with E-state index in [1.54, 1.807) is 0 Å². The molecule has 1 heteroatoms. The average Bonchev–Trinajstić information content (AvgIpc) is 1.61. The topological polar surface area (TPSA) is 12.0 Å². The van der Waals surface area contributed by atoms with E-state index >= 15 is 0 Å². The first-order valence-corrected chi connectivity index (χ1v) is 2.30. The summed E-state index contributed by atoms with van der Waals surface area (Å²) in [6, 6.07) is 0. The first kappa shape index (κ1) is 6.28. The number of rotatable bonds is 2. The van der Waals surface area contributed by atoms with Gasteiger partial charge in [0.05, 0.1) is 0 Å². The van der Waals surface area contributed by atoms with Gasteiger partial charge in [0, 0.05) is 5.70 Å². The van der Waals surface area contributed by atoms with Gasteiger partial charge in [-0.25, -0.2) is 0 Å². The summed E-state index contributed by atoms with van der Waals surface area (Å²) < 4.78 is 0. The largest absolute Gasteiger partial charge is 0.366 e. The molecule has 0 fully saturated rings. The van der Waals surface area contributed by atoms with E-state index in [0.29, 0.717) is 0 Å². The molecule has 0 radical (unpaired) electrons. The normalized spacial score (nSPS) is 9.43. The van der Waals surface area contributed by atoms with Gasteiger partial charge in [0.1, 0.15) is 0 Å². The van der Waals surface area contributed by atoms with Gasteiger partial charge < -0.3 is 5.32 Å². The second-order valence-corrected chi connectivity index (χ2v) is 1.42. The number of hydrogen-bond acceptors (Lipinski definition) is 1. The van der Waals surface area contributed by atoms with Crippen molar-refractivity contribution in [1.82, 2.24) is 5.32 Å². The van der Waals surface area contributed by atoms with Crippen molar-refractivity contribution in [1.29, 1.82) is 0 Å². The average molecular weight is 97.2 g/mol. The maximum Gasteiger partial charge on any atom is 0.00419 e. The Bertz CT molecular complexity index is 82.2. The van der Waals surface area contributed by atoms with Crippen molar-refractivity contribution in [2.24, 2.45) is 0 Å². The van der Waals surface area contributed by atoms with Crippen LogP contribution >= 0.6 is 0 Å². The van der Waals surface area contributed by atoms with E-state index < -0.39 is 0 Å². The molecule has 1 N–H and O–H groups in total. The second-order valence-electron chi connectivity index (χ2n) is 1.42. The highest BCUT2D eigenvalue weighted by molar-refractivity contribution is 4.91. The van der Waals surface area contributed by atoms with Crippen LogP contribution in [0.1, 0.15) is 13.8 Å². The molecule has 0 aliphatic carbocycles. The highest BCUT2D eigenvalue weighted by Crippen LogP contribution is 1.75. The molecule has 0 atom stereocenters.